The summed E-state index contributed by atoms with van der Waals surface area (Å²) in [6.07, 6.45) is 1.97. The molecule has 0 saturated carbocycles. The molecule has 0 aliphatic rings. The van der Waals surface area contributed by atoms with Gasteiger partial charge in [0.25, 0.3) is 0 Å². The molecule has 5 heteroatoms. The van der Waals surface area contributed by atoms with E-state index in [9.17, 15) is 0 Å². The van der Waals surface area contributed by atoms with Crippen LogP contribution in [0.2, 0.25) is 0 Å². The molecule has 16 heavy (non-hydrogen) atoms. The van der Waals surface area contributed by atoms with Crippen molar-refractivity contribution in [2.24, 2.45) is 0 Å². The molecule has 1 aromatic heterocycles. The normalized spacial score (nSPS) is 10.0. The van der Waals surface area contributed by atoms with E-state index in [-0.39, 0.29) is 11.6 Å². The molecule has 0 aliphatic carbocycles. The van der Waals surface area contributed by atoms with Crippen molar-refractivity contribution in [1.82, 2.24) is 4.98 Å². The number of oxazole rings is 1. The van der Waals surface area contributed by atoms with Gasteiger partial charge in [0.15, 0.2) is 0 Å². The molecule has 0 aliphatic heterocycles. The zero-order valence-electron chi connectivity index (χ0n) is 8.60. The standard InChI is InChI=1S/C11H9N3OS/c1-16-9-5-3-2-4-7(9)11-14-8(6-12)10(13)15-11/h2-5H,13H2,1H3. The van der Waals surface area contributed by atoms with Gasteiger partial charge >= 0.3 is 0 Å². The van der Waals surface area contributed by atoms with Crippen LogP contribution in [0.15, 0.2) is 33.6 Å². The Kier molecular flexibility index (Phi) is 2.84. The molecule has 2 N–H and O–H groups in total. The topological polar surface area (TPSA) is 75.8 Å². The maximum atomic E-state index is 8.75. The predicted octanol–water partition coefficient (Wildman–Crippen LogP) is 2.52. The van der Waals surface area contributed by atoms with Gasteiger partial charge in [-0.25, -0.2) is 0 Å². The molecule has 0 unspecified atom stereocenters. The first-order chi connectivity index (χ1) is 7.76. The van der Waals surface area contributed by atoms with Crippen molar-refractivity contribution in [3.05, 3.63) is 30.0 Å². The maximum absolute atomic E-state index is 8.75. The van der Waals surface area contributed by atoms with Gasteiger partial charge in [-0.05, 0) is 18.4 Å². The molecule has 0 saturated heterocycles. The van der Waals surface area contributed by atoms with Gasteiger partial charge in [0.1, 0.15) is 6.07 Å². The first kappa shape index (κ1) is 10.6. The molecule has 0 amide bonds. The molecule has 2 rings (SSSR count). The van der Waals surface area contributed by atoms with E-state index in [0.717, 1.165) is 10.5 Å². The number of aromatic nitrogens is 1. The summed E-state index contributed by atoms with van der Waals surface area (Å²) in [5, 5.41) is 8.75. The molecule has 0 radical (unpaired) electrons. The Morgan fingerprint density at radius 3 is 2.81 bits per heavy atom. The molecular formula is C11H9N3OS. The van der Waals surface area contributed by atoms with E-state index in [1.54, 1.807) is 11.8 Å². The smallest absolute Gasteiger partial charge is 0.231 e. The fraction of sp³-hybridized carbons (Fsp3) is 0.0909. The summed E-state index contributed by atoms with van der Waals surface area (Å²) in [5.41, 5.74) is 6.50. The molecule has 2 aromatic rings. The Bertz CT molecular complexity index is 557. The zero-order chi connectivity index (χ0) is 11.5. The molecule has 1 heterocycles. The van der Waals surface area contributed by atoms with E-state index in [1.807, 2.05) is 36.6 Å². The van der Waals surface area contributed by atoms with Crippen LogP contribution < -0.4 is 5.73 Å². The lowest BCUT2D eigenvalue weighted by Gasteiger charge is -2.01. The van der Waals surface area contributed by atoms with E-state index < -0.39 is 0 Å². The SMILES string of the molecule is CSc1ccccc1-c1nc(C#N)c(N)o1. The van der Waals surface area contributed by atoms with E-state index in [4.69, 9.17) is 15.4 Å². The minimum atomic E-state index is 0.0633. The Morgan fingerprint density at radius 1 is 1.44 bits per heavy atom. The highest BCUT2D eigenvalue weighted by molar-refractivity contribution is 7.98. The van der Waals surface area contributed by atoms with Crippen LogP contribution in [0, 0.1) is 11.3 Å². The van der Waals surface area contributed by atoms with Crippen LogP contribution in [0.3, 0.4) is 0 Å². The van der Waals surface area contributed by atoms with E-state index in [0.29, 0.717) is 5.89 Å². The van der Waals surface area contributed by atoms with Crippen molar-refractivity contribution < 1.29 is 4.42 Å². The third-order valence-corrected chi connectivity index (χ3v) is 2.89. The van der Waals surface area contributed by atoms with Crippen molar-refractivity contribution in [1.29, 1.82) is 5.26 Å². The number of nitrogen functional groups attached to an aromatic ring is 1. The molecule has 0 spiro atoms. The van der Waals surface area contributed by atoms with Gasteiger partial charge in [0.2, 0.25) is 17.5 Å². The average molecular weight is 231 g/mol. The van der Waals surface area contributed by atoms with Crippen molar-refractivity contribution in [2.45, 2.75) is 4.90 Å². The number of nitrogens with two attached hydrogens (primary N) is 1. The monoisotopic (exact) mass is 231 g/mol. The molecule has 0 bridgehead atoms. The van der Waals surface area contributed by atoms with Gasteiger partial charge in [0.05, 0.1) is 5.56 Å². The number of hydrogen-bond acceptors (Lipinski definition) is 5. The lowest BCUT2D eigenvalue weighted by atomic mass is 10.2. The fourth-order valence-electron chi connectivity index (χ4n) is 1.35. The number of thioether (sulfide) groups is 1. The summed E-state index contributed by atoms with van der Waals surface area (Å²) >= 11 is 1.59. The van der Waals surface area contributed by atoms with Crippen LogP contribution in [0.5, 0.6) is 0 Å². The predicted molar refractivity (Wildman–Crippen MR) is 62.8 cm³/mol. The van der Waals surface area contributed by atoms with Gasteiger partial charge < -0.3 is 10.2 Å². The number of hydrogen-bond donors (Lipinski definition) is 1. The van der Waals surface area contributed by atoms with E-state index >= 15 is 0 Å². The third kappa shape index (κ3) is 1.75. The highest BCUT2D eigenvalue weighted by atomic mass is 32.2. The summed E-state index contributed by atoms with van der Waals surface area (Å²) in [5.74, 6) is 0.451. The third-order valence-electron chi connectivity index (χ3n) is 2.10. The number of benzene rings is 1. The van der Waals surface area contributed by atoms with Crippen molar-refractivity contribution in [3.8, 4) is 17.5 Å². The van der Waals surface area contributed by atoms with Crippen LogP contribution in [0.1, 0.15) is 5.69 Å². The quantitative estimate of drug-likeness (QED) is 0.804. The summed E-state index contributed by atoms with van der Waals surface area (Å²) in [4.78, 5) is 5.08. The van der Waals surface area contributed by atoms with Crippen LogP contribution in [-0.4, -0.2) is 11.2 Å². The lowest BCUT2D eigenvalue weighted by molar-refractivity contribution is 0.592. The number of nitriles is 1. The van der Waals surface area contributed by atoms with Gasteiger partial charge in [0, 0.05) is 4.90 Å². The zero-order valence-corrected chi connectivity index (χ0v) is 9.41. The van der Waals surface area contributed by atoms with Crippen molar-refractivity contribution in [2.75, 3.05) is 12.0 Å². The number of rotatable bonds is 2. The number of nitrogens with zero attached hydrogens (tertiary/aromatic N) is 2. The summed E-state index contributed by atoms with van der Waals surface area (Å²) in [6, 6.07) is 9.57. The Balaban J connectivity index is 2.55. The maximum Gasteiger partial charge on any atom is 0.231 e. The summed E-state index contributed by atoms with van der Waals surface area (Å²) < 4.78 is 5.26. The highest BCUT2D eigenvalue weighted by Crippen LogP contribution is 2.31. The lowest BCUT2D eigenvalue weighted by Crippen LogP contribution is -1.84. The second-order valence-corrected chi connectivity index (χ2v) is 3.89. The Morgan fingerprint density at radius 2 is 2.19 bits per heavy atom. The molecular weight excluding hydrogens is 222 g/mol. The van der Waals surface area contributed by atoms with Crippen LogP contribution in [-0.2, 0) is 0 Å². The summed E-state index contributed by atoms with van der Waals surface area (Å²) in [7, 11) is 0. The average Bonchev–Trinajstić information content (AvgIpc) is 2.70. The first-order valence-electron chi connectivity index (χ1n) is 4.56. The molecule has 4 nitrogen and oxygen atoms in total. The van der Waals surface area contributed by atoms with Gasteiger partial charge in [-0.2, -0.15) is 10.2 Å². The highest BCUT2D eigenvalue weighted by Gasteiger charge is 2.13. The second kappa shape index (κ2) is 4.29. The minimum Gasteiger partial charge on any atom is -0.419 e. The summed E-state index contributed by atoms with van der Waals surface area (Å²) in [6.45, 7) is 0. The first-order valence-corrected chi connectivity index (χ1v) is 5.78. The molecule has 80 valence electrons. The van der Waals surface area contributed by atoms with E-state index in [1.165, 1.54) is 0 Å². The van der Waals surface area contributed by atoms with Gasteiger partial charge in [-0.3, -0.25) is 0 Å². The van der Waals surface area contributed by atoms with Crippen LogP contribution in [0.25, 0.3) is 11.5 Å². The van der Waals surface area contributed by atoms with E-state index in [2.05, 4.69) is 4.98 Å². The Labute approximate surface area is 97.1 Å². The number of anilines is 1. The van der Waals surface area contributed by atoms with Gasteiger partial charge in [-0.1, -0.05) is 12.1 Å². The van der Waals surface area contributed by atoms with Crippen molar-refractivity contribution >= 4 is 17.6 Å². The van der Waals surface area contributed by atoms with Gasteiger partial charge in [-0.15, -0.1) is 11.8 Å². The molecule has 0 fully saturated rings. The fourth-order valence-corrected chi connectivity index (χ4v) is 1.94. The minimum absolute atomic E-state index is 0.0633. The van der Waals surface area contributed by atoms with Crippen molar-refractivity contribution in [3.63, 3.8) is 0 Å². The van der Waals surface area contributed by atoms with Crippen LogP contribution >= 0.6 is 11.8 Å². The second-order valence-electron chi connectivity index (χ2n) is 3.04. The Hall–Kier alpha value is -1.93. The van der Waals surface area contributed by atoms with Crippen LogP contribution in [0.4, 0.5) is 5.88 Å². The molecule has 0 atom stereocenters. The largest absolute Gasteiger partial charge is 0.419 e. The molecule has 1 aromatic carbocycles.